The van der Waals surface area contributed by atoms with Crippen molar-refractivity contribution < 1.29 is 9.59 Å². The molecule has 1 rings (SSSR count). The van der Waals surface area contributed by atoms with Gasteiger partial charge >= 0.3 is 0 Å². The molecule has 102 valence electrons. The number of carbonyl (C=O) groups is 2. The van der Waals surface area contributed by atoms with Crippen LogP contribution >= 0.6 is 23.5 Å². The van der Waals surface area contributed by atoms with E-state index in [2.05, 4.69) is 0 Å². The van der Waals surface area contributed by atoms with Crippen LogP contribution in [0.1, 0.15) is 31.1 Å². The molecule has 0 bridgehead atoms. The van der Waals surface area contributed by atoms with E-state index >= 15 is 0 Å². The summed E-state index contributed by atoms with van der Waals surface area (Å²) in [6.45, 7) is 5.50. The first-order chi connectivity index (χ1) is 9.11. The largest absolute Gasteiger partial charge is 0.294 e. The predicted octanol–water partition coefficient (Wildman–Crippen LogP) is 4.18. The number of hydrogen-bond donors (Lipinski definition) is 0. The Bertz CT molecular complexity index is 470. The van der Waals surface area contributed by atoms with E-state index in [-0.39, 0.29) is 11.6 Å². The summed E-state index contributed by atoms with van der Waals surface area (Å²) in [7, 11) is 0. The van der Waals surface area contributed by atoms with Gasteiger partial charge in [0.05, 0.1) is 9.81 Å². The van der Waals surface area contributed by atoms with Crippen LogP contribution in [-0.4, -0.2) is 23.1 Å². The van der Waals surface area contributed by atoms with Crippen molar-refractivity contribution in [3.05, 3.63) is 45.7 Å². The Morgan fingerprint density at radius 1 is 1.00 bits per heavy atom. The van der Waals surface area contributed by atoms with Crippen molar-refractivity contribution in [1.82, 2.24) is 0 Å². The van der Waals surface area contributed by atoms with E-state index in [1.54, 1.807) is 35.7 Å². The monoisotopic (exact) mass is 294 g/mol. The summed E-state index contributed by atoms with van der Waals surface area (Å²) in [5, 5.41) is 0. The molecule has 0 spiro atoms. The van der Waals surface area contributed by atoms with Crippen LogP contribution in [0.5, 0.6) is 0 Å². The summed E-state index contributed by atoms with van der Waals surface area (Å²) < 4.78 is 0.839. The van der Waals surface area contributed by atoms with Crippen molar-refractivity contribution in [2.45, 2.75) is 20.8 Å². The second kappa shape index (κ2) is 8.23. The van der Waals surface area contributed by atoms with E-state index < -0.39 is 0 Å². The fourth-order valence-corrected chi connectivity index (χ4v) is 3.90. The standard InChI is InChI=1S/C15H18O2S2/c1-4-18-15(19-5-2)13(11(3)16)14(17)12-9-7-6-8-10-12/h6-10H,4-5H2,1-3H3. The number of hydrogen-bond acceptors (Lipinski definition) is 4. The molecule has 0 N–H and O–H groups in total. The zero-order chi connectivity index (χ0) is 14.3. The Morgan fingerprint density at radius 3 is 1.95 bits per heavy atom. The normalized spacial score (nSPS) is 10.1. The third kappa shape index (κ3) is 4.55. The van der Waals surface area contributed by atoms with Gasteiger partial charge in [-0.2, -0.15) is 0 Å². The molecule has 2 nitrogen and oxygen atoms in total. The number of Topliss-reactive ketones (excluding diaryl/α,β-unsaturated/α-hetero) is 2. The van der Waals surface area contributed by atoms with Gasteiger partial charge in [-0.1, -0.05) is 44.2 Å². The molecule has 0 aliphatic carbocycles. The van der Waals surface area contributed by atoms with Gasteiger partial charge in [0.2, 0.25) is 0 Å². The van der Waals surface area contributed by atoms with Gasteiger partial charge < -0.3 is 0 Å². The van der Waals surface area contributed by atoms with Crippen molar-refractivity contribution in [2.24, 2.45) is 0 Å². The summed E-state index contributed by atoms with van der Waals surface area (Å²) >= 11 is 3.12. The maximum absolute atomic E-state index is 12.5. The molecule has 0 fully saturated rings. The number of carbonyl (C=O) groups excluding carboxylic acids is 2. The van der Waals surface area contributed by atoms with Gasteiger partial charge in [0.25, 0.3) is 0 Å². The Kier molecular flexibility index (Phi) is 6.95. The molecular formula is C15H18O2S2. The van der Waals surface area contributed by atoms with E-state index in [0.29, 0.717) is 11.1 Å². The van der Waals surface area contributed by atoms with Crippen LogP contribution in [0, 0.1) is 0 Å². The summed E-state index contributed by atoms with van der Waals surface area (Å²) in [5.74, 6) is 1.36. The fourth-order valence-electron chi connectivity index (χ4n) is 1.58. The summed E-state index contributed by atoms with van der Waals surface area (Å²) in [6.07, 6.45) is 0. The number of thioether (sulfide) groups is 2. The van der Waals surface area contributed by atoms with Gasteiger partial charge in [0.1, 0.15) is 0 Å². The highest BCUT2D eigenvalue weighted by molar-refractivity contribution is 8.22. The van der Waals surface area contributed by atoms with E-state index in [4.69, 9.17) is 0 Å². The van der Waals surface area contributed by atoms with Crippen LogP contribution in [0.2, 0.25) is 0 Å². The van der Waals surface area contributed by atoms with Crippen LogP contribution in [-0.2, 0) is 4.79 Å². The molecule has 0 aliphatic rings. The van der Waals surface area contributed by atoms with Crippen LogP contribution < -0.4 is 0 Å². The lowest BCUT2D eigenvalue weighted by Crippen LogP contribution is -2.12. The minimum atomic E-state index is -0.176. The molecule has 0 saturated heterocycles. The third-order valence-electron chi connectivity index (χ3n) is 2.37. The molecule has 0 aliphatic heterocycles. The maximum atomic E-state index is 12.5. The first-order valence-corrected chi connectivity index (χ1v) is 8.19. The Morgan fingerprint density at radius 2 is 1.53 bits per heavy atom. The molecule has 19 heavy (non-hydrogen) atoms. The SMILES string of the molecule is CCSC(SCC)=C(C(C)=O)C(=O)c1ccccc1. The summed E-state index contributed by atoms with van der Waals surface area (Å²) in [6, 6.07) is 8.97. The lowest BCUT2D eigenvalue weighted by atomic mass is 10.0. The Balaban J connectivity index is 3.22. The molecule has 0 amide bonds. The van der Waals surface area contributed by atoms with Crippen molar-refractivity contribution >= 4 is 35.1 Å². The third-order valence-corrected chi connectivity index (χ3v) is 4.59. The molecule has 0 radical (unpaired) electrons. The Labute approximate surface area is 123 Å². The quantitative estimate of drug-likeness (QED) is 0.327. The average molecular weight is 294 g/mol. The second-order valence-electron chi connectivity index (χ2n) is 3.78. The average Bonchev–Trinajstić information content (AvgIpc) is 2.40. The first-order valence-electron chi connectivity index (χ1n) is 6.22. The number of benzene rings is 1. The highest BCUT2D eigenvalue weighted by atomic mass is 32.2. The zero-order valence-electron chi connectivity index (χ0n) is 11.4. The molecule has 1 aromatic carbocycles. The molecule has 0 unspecified atom stereocenters. The van der Waals surface area contributed by atoms with E-state index in [1.165, 1.54) is 6.92 Å². The number of rotatable bonds is 7. The summed E-state index contributed by atoms with van der Waals surface area (Å²) in [4.78, 5) is 24.3. The lowest BCUT2D eigenvalue weighted by Gasteiger charge is -2.10. The van der Waals surface area contributed by atoms with Gasteiger partial charge in [-0.3, -0.25) is 9.59 Å². The van der Waals surface area contributed by atoms with E-state index in [1.807, 2.05) is 32.0 Å². The van der Waals surface area contributed by atoms with Crippen LogP contribution in [0.25, 0.3) is 0 Å². The van der Waals surface area contributed by atoms with Crippen molar-refractivity contribution in [1.29, 1.82) is 0 Å². The molecule has 1 aromatic rings. The zero-order valence-corrected chi connectivity index (χ0v) is 13.1. The number of allylic oxidation sites excluding steroid dienone is 1. The molecule has 0 aromatic heterocycles. The lowest BCUT2D eigenvalue weighted by molar-refractivity contribution is -0.113. The first kappa shape index (κ1) is 16.1. The maximum Gasteiger partial charge on any atom is 0.198 e. The highest BCUT2D eigenvalue weighted by Crippen LogP contribution is 2.33. The van der Waals surface area contributed by atoms with Crippen molar-refractivity contribution in [3.8, 4) is 0 Å². The number of ketones is 2. The minimum Gasteiger partial charge on any atom is -0.294 e. The van der Waals surface area contributed by atoms with Crippen molar-refractivity contribution in [3.63, 3.8) is 0 Å². The predicted molar refractivity (Wildman–Crippen MR) is 84.7 cm³/mol. The smallest absolute Gasteiger partial charge is 0.198 e. The van der Waals surface area contributed by atoms with Crippen LogP contribution in [0.4, 0.5) is 0 Å². The topological polar surface area (TPSA) is 34.1 Å². The van der Waals surface area contributed by atoms with Crippen LogP contribution in [0.3, 0.4) is 0 Å². The molecule has 0 heterocycles. The van der Waals surface area contributed by atoms with E-state index in [9.17, 15) is 9.59 Å². The summed E-state index contributed by atoms with van der Waals surface area (Å²) in [5.41, 5.74) is 0.892. The second-order valence-corrected chi connectivity index (χ2v) is 6.59. The molecular weight excluding hydrogens is 276 g/mol. The highest BCUT2D eigenvalue weighted by Gasteiger charge is 2.21. The minimum absolute atomic E-state index is 0.161. The molecule has 4 heteroatoms. The van der Waals surface area contributed by atoms with Gasteiger partial charge in [0.15, 0.2) is 11.6 Å². The molecule has 0 saturated carbocycles. The van der Waals surface area contributed by atoms with Crippen molar-refractivity contribution in [2.75, 3.05) is 11.5 Å². The van der Waals surface area contributed by atoms with Gasteiger partial charge in [-0.05, 0) is 18.4 Å². The Hall–Kier alpha value is -1.00. The van der Waals surface area contributed by atoms with Crippen LogP contribution in [0.15, 0.2) is 40.1 Å². The van der Waals surface area contributed by atoms with Gasteiger partial charge in [-0.15, -0.1) is 23.5 Å². The fraction of sp³-hybridized carbons (Fsp3) is 0.333. The van der Waals surface area contributed by atoms with Gasteiger partial charge in [0, 0.05) is 5.56 Å². The van der Waals surface area contributed by atoms with Gasteiger partial charge in [-0.25, -0.2) is 0 Å². The molecule has 0 atom stereocenters. The van der Waals surface area contributed by atoms with E-state index in [0.717, 1.165) is 15.7 Å².